The highest BCUT2D eigenvalue weighted by molar-refractivity contribution is 5.82. The highest BCUT2D eigenvalue weighted by Crippen LogP contribution is 2.25. The molecule has 0 amide bonds. The minimum atomic E-state index is -0.395. The van der Waals surface area contributed by atoms with Crippen LogP contribution in [0, 0.1) is 5.82 Å². The number of fused-ring (bicyclic) bond motifs is 1. The minimum Gasteiger partial charge on any atom is -0.465 e. The maximum Gasteiger partial charge on any atom is 0.200 e. The Morgan fingerprint density at radius 3 is 2.84 bits per heavy atom. The van der Waals surface area contributed by atoms with E-state index < -0.39 is 5.82 Å². The van der Waals surface area contributed by atoms with Crippen molar-refractivity contribution in [2.45, 2.75) is 25.6 Å². The Morgan fingerprint density at radius 1 is 1.12 bits per heavy atom. The van der Waals surface area contributed by atoms with Gasteiger partial charge in [0.2, 0.25) is 0 Å². The third-order valence-corrected chi connectivity index (χ3v) is 4.29. The second-order valence-corrected chi connectivity index (χ2v) is 6.06. The van der Waals surface area contributed by atoms with E-state index in [-0.39, 0.29) is 11.7 Å². The molecule has 25 heavy (non-hydrogen) atoms. The van der Waals surface area contributed by atoms with Crippen molar-refractivity contribution in [2.24, 2.45) is 0 Å². The summed E-state index contributed by atoms with van der Waals surface area (Å²) in [7, 11) is 0. The van der Waals surface area contributed by atoms with Gasteiger partial charge in [0.1, 0.15) is 23.4 Å². The first-order valence-corrected chi connectivity index (χ1v) is 8.30. The zero-order valence-electron chi connectivity index (χ0n) is 13.5. The highest BCUT2D eigenvalue weighted by Gasteiger charge is 2.16. The Labute approximate surface area is 143 Å². The van der Waals surface area contributed by atoms with Crippen LogP contribution in [0.4, 0.5) is 4.39 Å². The third kappa shape index (κ3) is 3.28. The maximum atomic E-state index is 13.4. The fraction of sp³-hybridized carbons (Fsp3) is 0.250. The lowest BCUT2D eigenvalue weighted by Crippen LogP contribution is -2.24. The van der Waals surface area contributed by atoms with Gasteiger partial charge in [-0.15, -0.1) is 0 Å². The molecule has 0 N–H and O–H groups in total. The SMILES string of the molecule is O=c1c(-c2cccc(F)c2)coc2cc(OC3CCCCO3)ccc12. The monoisotopic (exact) mass is 340 g/mol. The Hall–Kier alpha value is -2.66. The molecule has 5 heteroatoms. The first-order valence-electron chi connectivity index (χ1n) is 8.30. The van der Waals surface area contributed by atoms with Crippen LogP contribution in [-0.2, 0) is 4.74 Å². The van der Waals surface area contributed by atoms with Gasteiger partial charge in [0.15, 0.2) is 11.7 Å². The predicted molar refractivity (Wildman–Crippen MR) is 92.1 cm³/mol. The topological polar surface area (TPSA) is 48.7 Å². The van der Waals surface area contributed by atoms with Gasteiger partial charge in [0.25, 0.3) is 0 Å². The summed E-state index contributed by atoms with van der Waals surface area (Å²) in [5.41, 5.74) is 1.05. The van der Waals surface area contributed by atoms with Crippen molar-refractivity contribution in [3.63, 3.8) is 0 Å². The van der Waals surface area contributed by atoms with E-state index >= 15 is 0 Å². The molecule has 1 saturated heterocycles. The summed E-state index contributed by atoms with van der Waals surface area (Å²) in [6, 6.07) is 11.0. The fourth-order valence-corrected chi connectivity index (χ4v) is 2.99. The Morgan fingerprint density at radius 2 is 2.04 bits per heavy atom. The van der Waals surface area contributed by atoms with Gasteiger partial charge in [-0.2, -0.15) is 0 Å². The number of hydrogen-bond donors (Lipinski definition) is 0. The highest BCUT2D eigenvalue weighted by atomic mass is 19.1. The van der Waals surface area contributed by atoms with Crippen molar-refractivity contribution < 1.29 is 18.3 Å². The first-order chi connectivity index (χ1) is 12.2. The van der Waals surface area contributed by atoms with Crippen molar-refractivity contribution in [2.75, 3.05) is 6.61 Å². The summed E-state index contributed by atoms with van der Waals surface area (Å²) in [6.07, 6.45) is 4.07. The molecule has 0 aliphatic carbocycles. The smallest absolute Gasteiger partial charge is 0.200 e. The van der Waals surface area contributed by atoms with Gasteiger partial charge in [-0.3, -0.25) is 4.79 Å². The van der Waals surface area contributed by atoms with E-state index in [4.69, 9.17) is 13.9 Å². The summed E-state index contributed by atoms with van der Waals surface area (Å²) >= 11 is 0. The molecule has 1 aliphatic heterocycles. The Bertz CT molecular complexity index is 957. The maximum absolute atomic E-state index is 13.4. The summed E-state index contributed by atoms with van der Waals surface area (Å²) < 4.78 is 30.4. The first kappa shape index (κ1) is 15.8. The lowest BCUT2D eigenvalue weighted by Gasteiger charge is -2.23. The molecule has 1 aliphatic rings. The largest absolute Gasteiger partial charge is 0.465 e. The van der Waals surface area contributed by atoms with E-state index in [1.807, 2.05) is 0 Å². The Kier molecular flexibility index (Phi) is 4.24. The van der Waals surface area contributed by atoms with E-state index in [1.165, 1.54) is 18.4 Å². The normalized spacial score (nSPS) is 17.6. The van der Waals surface area contributed by atoms with E-state index in [9.17, 15) is 9.18 Å². The average Bonchev–Trinajstić information content (AvgIpc) is 2.63. The number of halogens is 1. The van der Waals surface area contributed by atoms with Crippen LogP contribution in [0.25, 0.3) is 22.1 Å². The predicted octanol–water partition coefficient (Wildman–Crippen LogP) is 4.50. The molecule has 2 aromatic carbocycles. The summed E-state index contributed by atoms with van der Waals surface area (Å²) in [4.78, 5) is 12.7. The van der Waals surface area contributed by atoms with E-state index in [2.05, 4.69) is 0 Å². The van der Waals surface area contributed by atoms with Crippen LogP contribution in [0.3, 0.4) is 0 Å². The quantitative estimate of drug-likeness (QED) is 0.704. The molecule has 1 aromatic heterocycles. The molecule has 0 bridgehead atoms. The zero-order chi connectivity index (χ0) is 17.2. The standard InChI is InChI=1S/C20H17FO4/c21-14-5-3-4-13(10-14)17-12-24-18-11-15(7-8-16(18)20(17)22)25-19-6-1-2-9-23-19/h3-5,7-8,10-12,19H,1-2,6,9H2. The lowest BCUT2D eigenvalue weighted by molar-refractivity contribution is -0.105. The molecule has 4 nitrogen and oxygen atoms in total. The van der Waals surface area contributed by atoms with Gasteiger partial charge in [0, 0.05) is 12.5 Å². The molecular weight excluding hydrogens is 323 g/mol. The molecule has 128 valence electrons. The summed E-state index contributed by atoms with van der Waals surface area (Å²) in [5.74, 6) is 0.203. The summed E-state index contributed by atoms with van der Waals surface area (Å²) in [6.45, 7) is 0.699. The van der Waals surface area contributed by atoms with E-state index in [0.717, 1.165) is 19.3 Å². The van der Waals surface area contributed by atoms with Crippen LogP contribution >= 0.6 is 0 Å². The lowest BCUT2D eigenvalue weighted by atomic mass is 10.1. The van der Waals surface area contributed by atoms with E-state index in [0.29, 0.717) is 34.5 Å². The van der Waals surface area contributed by atoms with Crippen molar-refractivity contribution >= 4 is 11.0 Å². The minimum absolute atomic E-state index is 0.202. The fourth-order valence-electron chi connectivity index (χ4n) is 2.99. The number of hydrogen-bond acceptors (Lipinski definition) is 4. The molecule has 3 aromatic rings. The molecule has 1 fully saturated rings. The van der Waals surface area contributed by atoms with Crippen LogP contribution in [0.5, 0.6) is 5.75 Å². The van der Waals surface area contributed by atoms with Gasteiger partial charge in [-0.1, -0.05) is 12.1 Å². The molecule has 2 heterocycles. The van der Waals surface area contributed by atoms with Crippen LogP contribution in [-0.4, -0.2) is 12.9 Å². The molecule has 0 saturated carbocycles. The van der Waals surface area contributed by atoms with Gasteiger partial charge in [0.05, 0.1) is 17.6 Å². The van der Waals surface area contributed by atoms with Crippen LogP contribution in [0.15, 0.2) is 57.9 Å². The van der Waals surface area contributed by atoms with Gasteiger partial charge in [-0.05, 0) is 42.7 Å². The molecule has 4 rings (SSSR count). The molecule has 1 atom stereocenters. The second kappa shape index (κ2) is 6.69. The molecular formula is C20H17FO4. The molecule has 1 unspecified atom stereocenters. The van der Waals surface area contributed by atoms with Crippen LogP contribution in [0.1, 0.15) is 19.3 Å². The number of benzene rings is 2. The second-order valence-electron chi connectivity index (χ2n) is 6.06. The number of rotatable bonds is 3. The van der Waals surface area contributed by atoms with Crippen molar-refractivity contribution in [3.05, 3.63) is 64.8 Å². The zero-order valence-corrected chi connectivity index (χ0v) is 13.5. The van der Waals surface area contributed by atoms with Crippen LogP contribution in [0.2, 0.25) is 0 Å². The molecule has 0 radical (unpaired) electrons. The third-order valence-electron chi connectivity index (χ3n) is 4.29. The summed E-state index contributed by atoms with van der Waals surface area (Å²) in [5, 5.41) is 0.429. The van der Waals surface area contributed by atoms with Gasteiger partial charge in [-0.25, -0.2) is 4.39 Å². The van der Waals surface area contributed by atoms with Crippen molar-refractivity contribution in [1.82, 2.24) is 0 Å². The van der Waals surface area contributed by atoms with E-state index in [1.54, 1.807) is 30.3 Å². The van der Waals surface area contributed by atoms with Gasteiger partial charge >= 0.3 is 0 Å². The van der Waals surface area contributed by atoms with Gasteiger partial charge < -0.3 is 13.9 Å². The van der Waals surface area contributed by atoms with Crippen molar-refractivity contribution in [3.8, 4) is 16.9 Å². The number of ether oxygens (including phenoxy) is 2. The average molecular weight is 340 g/mol. The van der Waals surface area contributed by atoms with Crippen molar-refractivity contribution in [1.29, 1.82) is 0 Å². The molecule has 0 spiro atoms. The Balaban J connectivity index is 1.68. The van der Waals surface area contributed by atoms with Crippen LogP contribution < -0.4 is 10.2 Å².